The van der Waals surface area contributed by atoms with Crippen molar-refractivity contribution >= 4 is 6.29 Å². The topological polar surface area (TPSA) is 43.1 Å². The normalized spacial score (nSPS) is 11.5. The van der Waals surface area contributed by atoms with Crippen LogP contribution in [0, 0.1) is 12.8 Å². The van der Waals surface area contributed by atoms with Gasteiger partial charge in [0.25, 0.3) is 0 Å². The minimum Gasteiger partial charge on any atom is -0.322 e. The van der Waals surface area contributed by atoms with E-state index in [1.165, 1.54) is 5.56 Å². The SMILES string of the molecule is CC(C)C[C@H](N)C=O.Cc1ccccc1. The van der Waals surface area contributed by atoms with Gasteiger partial charge in [-0.15, -0.1) is 0 Å². The molecule has 2 nitrogen and oxygen atoms in total. The Balaban J connectivity index is 0.000000262. The van der Waals surface area contributed by atoms with Gasteiger partial charge in [0.05, 0.1) is 6.04 Å². The minimum atomic E-state index is -0.255. The van der Waals surface area contributed by atoms with Gasteiger partial charge in [-0.2, -0.15) is 0 Å². The number of aryl methyl sites for hydroxylation is 1. The van der Waals surface area contributed by atoms with Gasteiger partial charge in [0.2, 0.25) is 0 Å². The fraction of sp³-hybridized carbons (Fsp3) is 0.462. The third kappa shape index (κ3) is 9.16. The molecule has 1 aromatic rings. The Bertz CT molecular complexity index is 256. The van der Waals surface area contributed by atoms with Crippen LogP contribution in [0.4, 0.5) is 0 Å². The molecular weight excluding hydrogens is 186 g/mol. The number of benzene rings is 1. The second kappa shape index (κ2) is 8.18. The van der Waals surface area contributed by atoms with Crippen LogP contribution in [0.1, 0.15) is 25.8 Å². The number of rotatable bonds is 3. The van der Waals surface area contributed by atoms with Gasteiger partial charge >= 0.3 is 0 Å². The Morgan fingerprint density at radius 2 is 1.80 bits per heavy atom. The van der Waals surface area contributed by atoms with Crippen LogP contribution in [-0.2, 0) is 4.79 Å². The Morgan fingerprint density at radius 1 is 1.27 bits per heavy atom. The molecule has 1 rings (SSSR count). The smallest absolute Gasteiger partial charge is 0.136 e. The molecule has 0 amide bonds. The average molecular weight is 207 g/mol. The van der Waals surface area contributed by atoms with E-state index < -0.39 is 0 Å². The largest absolute Gasteiger partial charge is 0.322 e. The first-order chi connectivity index (χ1) is 7.06. The number of hydrogen-bond acceptors (Lipinski definition) is 2. The van der Waals surface area contributed by atoms with Crippen molar-refractivity contribution in [3.05, 3.63) is 35.9 Å². The van der Waals surface area contributed by atoms with E-state index in [2.05, 4.69) is 19.1 Å². The molecule has 0 saturated heterocycles. The lowest BCUT2D eigenvalue weighted by molar-refractivity contribution is -0.109. The van der Waals surface area contributed by atoms with Crippen LogP contribution in [0.5, 0.6) is 0 Å². The van der Waals surface area contributed by atoms with E-state index in [9.17, 15) is 4.79 Å². The summed E-state index contributed by atoms with van der Waals surface area (Å²) in [6, 6.07) is 10.0. The number of hydrogen-bond donors (Lipinski definition) is 1. The van der Waals surface area contributed by atoms with Crippen LogP contribution in [0.3, 0.4) is 0 Å². The third-order valence-corrected chi connectivity index (χ3v) is 1.86. The van der Waals surface area contributed by atoms with Crippen LogP contribution < -0.4 is 5.73 Å². The molecule has 0 saturated carbocycles. The second-order valence-corrected chi connectivity index (χ2v) is 4.08. The first-order valence-corrected chi connectivity index (χ1v) is 5.28. The van der Waals surface area contributed by atoms with E-state index in [1.807, 2.05) is 32.0 Å². The molecule has 15 heavy (non-hydrogen) atoms. The molecule has 84 valence electrons. The predicted octanol–water partition coefficient (Wildman–Crippen LogP) is 2.55. The molecule has 1 atom stereocenters. The van der Waals surface area contributed by atoms with Crippen molar-refractivity contribution in [3.63, 3.8) is 0 Å². The number of nitrogens with two attached hydrogens (primary N) is 1. The third-order valence-electron chi connectivity index (χ3n) is 1.86. The summed E-state index contributed by atoms with van der Waals surface area (Å²) < 4.78 is 0. The van der Waals surface area contributed by atoms with Crippen molar-refractivity contribution in [2.75, 3.05) is 0 Å². The molecule has 0 aliphatic rings. The van der Waals surface area contributed by atoms with Crippen LogP contribution in [-0.4, -0.2) is 12.3 Å². The maximum Gasteiger partial charge on any atom is 0.136 e. The monoisotopic (exact) mass is 207 g/mol. The van der Waals surface area contributed by atoms with Gasteiger partial charge in [-0.05, 0) is 19.3 Å². The molecule has 0 aliphatic heterocycles. The molecule has 1 aromatic carbocycles. The molecule has 0 unspecified atom stereocenters. The van der Waals surface area contributed by atoms with Crippen LogP contribution in [0.2, 0.25) is 0 Å². The first-order valence-electron chi connectivity index (χ1n) is 5.28. The average Bonchev–Trinajstić information content (AvgIpc) is 2.19. The molecule has 0 bridgehead atoms. The molecule has 0 spiro atoms. The van der Waals surface area contributed by atoms with E-state index in [1.54, 1.807) is 0 Å². The molecule has 0 heterocycles. The highest BCUT2D eigenvalue weighted by molar-refractivity contribution is 5.56. The molecular formula is C13H21NO. The lowest BCUT2D eigenvalue weighted by atomic mass is 10.1. The second-order valence-electron chi connectivity index (χ2n) is 4.08. The number of carbonyl (C=O) groups excluding carboxylic acids is 1. The van der Waals surface area contributed by atoms with E-state index in [0.29, 0.717) is 5.92 Å². The summed E-state index contributed by atoms with van der Waals surface area (Å²) in [5.41, 5.74) is 6.63. The Morgan fingerprint density at radius 3 is 2.00 bits per heavy atom. The van der Waals surface area contributed by atoms with Gasteiger partial charge < -0.3 is 10.5 Å². The van der Waals surface area contributed by atoms with Crippen molar-refractivity contribution in [1.82, 2.24) is 0 Å². The Labute approximate surface area is 92.5 Å². The summed E-state index contributed by atoms with van der Waals surface area (Å²) in [6.07, 6.45) is 1.59. The summed E-state index contributed by atoms with van der Waals surface area (Å²) in [4.78, 5) is 9.92. The van der Waals surface area contributed by atoms with Gasteiger partial charge in [0.15, 0.2) is 0 Å². The van der Waals surface area contributed by atoms with Crippen LogP contribution in [0.15, 0.2) is 30.3 Å². The Hall–Kier alpha value is -1.15. The highest BCUT2D eigenvalue weighted by Gasteiger charge is 2.01. The lowest BCUT2D eigenvalue weighted by Crippen LogP contribution is -2.23. The van der Waals surface area contributed by atoms with E-state index in [4.69, 9.17) is 5.73 Å². The van der Waals surface area contributed by atoms with Gasteiger partial charge in [0, 0.05) is 0 Å². The lowest BCUT2D eigenvalue weighted by Gasteiger charge is -2.04. The summed E-state index contributed by atoms with van der Waals surface area (Å²) in [5.74, 6) is 0.523. The zero-order valence-electron chi connectivity index (χ0n) is 9.81. The zero-order valence-corrected chi connectivity index (χ0v) is 9.81. The van der Waals surface area contributed by atoms with Crippen molar-refractivity contribution in [2.24, 2.45) is 11.7 Å². The Kier molecular flexibility index (Phi) is 7.56. The molecule has 0 radical (unpaired) electrons. The predicted molar refractivity (Wildman–Crippen MR) is 64.7 cm³/mol. The maximum atomic E-state index is 9.92. The van der Waals surface area contributed by atoms with Gasteiger partial charge in [-0.1, -0.05) is 49.7 Å². The fourth-order valence-electron chi connectivity index (χ4n) is 1.13. The molecule has 2 N–H and O–H groups in total. The highest BCUT2D eigenvalue weighted by atomic mass is 16.1. The quantitative estimate of drug-likeness (QED) is 0.774. The summed E-state index contributed by atoms with van der Waals surface area (Å²) in [5, 5.41) is 0. The standard InChI is InChI=1S/C7H8.C6H13NO/c1-7-5-3-2-4-6-7;1-5(2)3-6(7)4-8/h2-6H,1H3;4-6H,3,7H2,1-2H3/t;6-/m.0/s1. The van der Waals surface area contributed by atoms with E-state index >= 15 is 0 Å². The fourth-order valence-corrected chi connectivity index (χ4v) is 1.13. The molecule has 2 heteroatoms. The van der Waals surface area contributed by atoms with Gasteiger partial charge in [-0.25, -0.2) is 0 Å². The van der Waals surface area contributed by atoms with Gasteiger partial charge in [0.1, 0.15) is 6.29 Å². The highest BCUT2D eigenvalue weighted by Crippen LogP contribution is 1.99. The van der Waals surface area contributed by atoms with Crippen molar-refractivity contribution in [2.45, 2.75) is 33.2 Å². The van der Waals surface area contributed by atoms with Crippen LogP contribution in [0.25, 0.3) is 0 Å². The number of aldehydes is 1. The van der Waals surface area contributed by atoms with E-state index in [0.717, 1.165) is 12.7 Å². The molecule has 0 aromatic heterocycles. The summed E-state index contributed by atoms with van der Waals surface area (Å²) >= 11 is 0. The molecule has 0 fully saturated rings. The maximum absolute atomic E-state index is 9.92. The minimum absolute atomic E-state index is 0.255. The zero-order chi connectivity index (χ0) is 11.7. The molecule has 0 aliphatic carbocycles. The summed E-state index contributed by atoms with van der Waals surface area (Å²) in [7, 11) is 0. The van der Waals surface area contributed by atoms with Gasteiger partial charge in [-0.3, -0.25) is 0 Å². The van der Waals surface area contributed by atoms with Crippen molar-refractivity contribution in [3.8, 4) is 0 Å². The van der Waals surface area contributed by atoms with Crippen molar-refractivity contribution < 1.29 is 4.79 Å². The van der Waals surface area contributed by atoms with Crippen molar-refractivity contribution in [1.29, 1.82) is 0 Å². The van der Waals surface area contributed by atoms with Crippen LogP contribution >= 0.6 is 0 Å². The number of carbonyl (C=O) groups is 1. The van der Waals surface area contributed by atoms with E-state index in [-0.39, 0.29) is 6.04 Å². The summed E-state index contributed by atoms with van der Waals surface area (Å²) in [6.45, 7) is 6.17. The first kappa shape index (κ1) is 13.8.